The van der Waals surface area contributed by atoms with Crippen LogP contribution < -0.4 is 5.73 Å². The van der Waals surface area contributed by atoms with Crippen molar-refractivity contribution in [3.8, 4) is 0 Å². The molecule has 2 N–H and O–H groups in total. The molecule has 13 heavy (non-hydrogen) atoms. The summed E-state index contributed by atoms with van der Waals surface area (Å²) in [5.74, 6) is 0.330. The second kappa shape index (κ2) is 4.27. The maximum absolute atomic E-state index is 5.94. The van der Waals surface area contributed by atoms with Crippen LogP contribution in [-0.4, -0.2) is 4.98 Å². The van der Waals surface area contributed by atoms with E-state index < -0.39 is 0 Å². The molecule has 0 bridgehead atoms. The van der Waals surface area contributed by atoms with Crippen LogP contribution in [0.2, 0.25) is 10.2 Å². The predicted molar refractivity (Wildman–Crippen MR) is 56.0 cm³/mol. The Hall–Kier alpha value is -0.310. The minimum atomic E-state index is -0.0898. The van der Waals surface area contributed by atoms with Gasteiger partial charge in [0.05, 0.1) is 5.02 Å². The van der Waals surface area contributed by atoms with Gasteiger partial charge >= 0.3 is 0 Å². The lowest BCUT2D eigenvalue weighted by Crippen LogP contribution is -2.17. The van der Waals surface area contributed by atoms with E-state index in [0.717, 1.165) is 5.56 Å². The van der Waals surface area contributed by atoms with Crippen molar-refractivity contribution in [2.75, 3.05) is 0 Å². The number of nitrogens with zero attached hydrogens (tertiary/aromatic N) is 1. The number of pyridine rings is 1. The molecule has 4 heteroatoms. The minimum absolute atomic E-state index is 0.0898. The number of nitrogens with two attached hydrogens (primary N) is 1. The standard InChI is InChI=1S/C9H12Cl2N2/c1-5(2)9(12)6-3-8(11)13-4-7(6)10/h3-5,9H,12H2,1-2H3/t9-/m0/s1. The van der Waals surface area contributed by atoms with Crippen molar-refractivity contribution in [3.63, 3.8) is 0 Å². The van der Waals surface area contributed by atoms with Gasteiger partial charge in [0.1, 0.15) is 5.15 Å². The molecule has 0 spiro atoms. The second-order valence-corrected chi connectivity index (χ2v) is 4.09. The van der Waals surface area contributed by atoms with Crippen molar-refractivity contribution >= 4 is 23.2 Å². The van der Waals surface area contributed by atoms with Crippen molar-refractivity contribution in [1.29, 1.82) is 0 Å². The van der Waals surface area contributed by atoms with Gasteiger partial charge in [-0.2, -0.15) is 0 Å². The molecule has 0 unspecified atom stereocenters. The lowest BCUT2D eigenvalue weighted by molar-refractivity contribution is 0.514. The van der Waals surface area contributed by atoms with Crippen molar-refractivity contribution in [2.45, 2.75) is 19.9 Å². The number of hydrogen-bond donors (Lipinski definition) is 1. The highest BCUT2D eigenvalue weighted by Crippen LogP contribution is 2.27. The lowest BCUT2D eigenvalue weighted by atomic mass is 9.98. The van der Waals surface area contributed by atoms with Gasteiger partial charge in [-0.15, -0.1) is 0 Å². The van der Waals surface area contributed by atoms with Crippen molar-refractivity contribution < 1.29 is 0 Å². The van der Waals surface area contributed by atoms with E-state index in [9.17, 15) is 0 Å². The fourth-order valence-electron chi connectivity index (χ4n) is 1.04. The molecule has 72 valence electrons. The highest BCUT2D eigenvalue weighted by molar-refractivity contribution is 6.32. The average Bonchev–Trinajstić information content (AvgIpc) is 2.08. The summed E-state index contributed by atoms with van der Waals surface area (Å²) in [6.07, 6.45) is 1.53. The van der Waals surface area contributed by atoms with E-state index in [1.165, 1.54) is 6.20 Å². The van der Waals surface area contributed by atoms with Crippen LogP contribution in [0.1, 0.15) is 25.5 Å². The maximum Gasteiger partial charge on any atom is 0.129 e. The van der Waals surface area contributed by atoms with E-state index in [1.54, 1.807) is 6.07 Å². The number of halogens is 2. The Labute approximate surface area is 88.1 Å². The zero-order valence-corrected chi connectivity index (χ0v) is 9.10. The zero-order chi connectivity index (χ0) is 10.0. The summed E-state index contributed by atoms with van der Waals surface area (Å²) in [6, 6.07) is 1.63. The van der Waals surface area contributed by atoms with E-state index in [-0.39, 0.29) is 6.04 Å². The maximum atomic E-state index is 5.94. The van der Waals surface area contributed by atoms with Crippen LogP contribution >= 0.6 is 23.2 Å². The predicted octanol–water partition coefficient (Wildman–Crippen LogP) is 3.04. The first-order chi connectivity index (χ1) is 6.02. The van der Waals surface area contributed by atoms with E-state index in [1.807, 2.05) is 13.8 Å². The Balaban J connectivity index is 3.05. The Morgan fingerprint density at radius 2 is 2.00 bits per heavy atom. The normalized spacial score (nSPS) is 13.4. The highest BCUT2D eigenvalue weighted by atomic mass is 35.5. The second-order valence-electron chi connectivity index (χ2n) is 3.30. The number of aromatic nitrogens is 1. The lowest BCUT2D eigenvalue weighted by Gasteiger charge is -2.17. The van der Waals surface area contributed by atoms with Gasteiger partial charge in [0, 0.05) is 12.2 Å². The molecule has 0 saturated heterocycles. The molecule has 1 heterocycles. The van der Waals surface area contributed by atoms with E-state index >= 15 is 0 Å². The highest BCUT2D eigenvalue weighted by Gasteiger charge is 2.14. The third-order valence-electron chi connectivity index (χ3n) is 1.93. The molecule has 0 aromatic carbocycles. The van der Waals surface area contributed by atoms with Gasteiger partial charge in [-0.1, -0.05) is 37.0 Å². The van der Waals surface area contributed by atoms with Crippen LogP contribution in [0.15, 0.2) is 12.3 Å². The molecule has 1 rings (SSSR count). The fourth-order valence-corrected chi connectivity index (χ4v) is 1.44. The first kappa shape index (κ1) is 10.8. The van der Waals surface area contributed by atoms with E-state index in [4.69, 9.17) is 28.9 Å². The van der Waals surface area contributed by atoms with Crippen LogP contribution in [0.4, 0.5) is 0 Å². The Kier molecular flexibility index (Phi) is 3.54. The summed E-state index contributed by atoms with van der Waals surface area (Å²) < 4.78 is 0. The van der Waals surface area contributed by atoms with Gasteiger partial charge in [-0.3, -0.25) is 0 Å². The summed E-state index contributed by atoms with van der Waals surface area (Å²) in [4.78, 5) is 3.86. The molecule has 0 fully saturated rings. The quantitative estimate of drug-likeness (QED) is 0.776. The molecule has 0 aliphatic heterocycles. The van der Waals surface area contributed by atoms with Crippen molar-refractivity contribution in [2.24, 2.45) is 11.7 Å². The summed E-state index contributed by atoms with van der Waals surface area (Å²) >= 11 is 11.7. The molecule has 0 radical (unpaired) electrons. The third-order valence-corrected chi connectivity index (χ3v) is 2.45. The van der Waals surface area contributed by atoms with Gasteiger partial charge in [0.2, 0.25) is 0 Å². The first-order valence-electron chi connectivity index (χ1n) is 4.09. The molecule has 1 atom stereocenters. The minimum Gasteiger partial charge on any atom is -0.324 e. The molecule has 1 aromatic rings. The van der Waals surface area contributed by atoms with Crippen LogP contribution in [0.3, 0.4) is 0 Å². The molecule has 1 aromatic heterocycles. The van der Waals surface area contributed by atoms with Crippen LogP contribution in [0.25, 0.3) is 0 Å². The van der Waals surface area contributed by atoms with Crippen LogP contribution in [0, 0.1) is 5.92 Å². The molecular weight excluding hydrogens is 207 g/mol. The average molecular weight is 219 g/mol. The van der Waals surface area contributed by atoms with Gasteiger partial charge < -0.3 is 5.73 Å². The Bertz CT molecular complexity index is 300. The molecule has 2 nitrogen and oxygen atoms in total. The fraction of sp³-hybridized carbons (Fsp3) is 0.444. The zero-order valence-electron chi connectivity index (χ0n) is 7.59. The molecular formula is C9H12Cl2N2. The smallest absolute Gasteiger partial charge is 0.129 e. The largest absolute Gasteiger partial charge is 0.324 e. The SMILES string of the molecule is CC(C)[C@H](N)c1cc(Cl)ncc1Cl. The summed E-state index contributed by atoms with van der Waals surface area (Å²) in [5, 5.41) is 1.00. The molecule has 0 saturated carbocycles. The number of hydrogen-bond acceptors (Lipinski definition) is 2. The van der Waals surface area contributed by atoms with Gasteiger partial charge in [0.25, 0.3) is 0 Å². The Morgan fingerprint density at radius 3 is 2.54 bits per heavy atom. The first-order valence-corrected chi connectivity index (χ1v) is 4.84. The molecule has 0 aliphatic rings. The molecule has 0 amide bonds. The monoisotopic (exact) mass is 218 g/mol. The molecule has 0 aliphatic carbocycles. The van der Waals surface area contributed by atoms with E-state index in [2.05, 4.69) is 4.98 Å². The van der Waals surface area contributed by atoms with Gasteiger partial charge in [0.15, 0.2) is 0 Å². The van der Waals surface area contributed by atoms with E-state index in [0.29, 0.717) is 16.1 Å². The topological polar surface area (TPSA) is 38.9 Å². The van der Waals surface area contributed by atoms with Crippen LogP contribution in [0.5, 0.6) is 0 Å². The van der Waals surface area contributed by atoms with Crippen molar-refractivity contribution in [1.82, 2.24) is 4.98 Å². The summed E-state index contributed by atoms with van der Waals surface area (Å²) in [6.45, 7) is 4.07. The Morgan fingerprint density at radius 1 is 1.38 bits per heavy atom. The summed E-state index contributed by atoms with van der Waals surface area (Å²) in [7, 11) is 0. The summed E-state index contributed by atoms with van der Waals surface area (Å²) in [5.41, 5.74) is 6.79. The van der Waals surface area contributed by atoms with Crippen LogP contribution in [-0.2, 0) is 0 Å². The van der Waals surface area contributed by atoms with Gasteiger partial charge in [-0.25, -0.2) is 4.98 Å². The van der Waals surface area contributed by atoms with Crippen molar-refractivity contribution in [3.05, 3.63) is 28.0 Å². The van der Waals surface area contributed by atoms with Gasteiger partial charge in [-0.05, 0) is 17.5 Å². The third kappa shape index (κ3) is 2.56. The number of rotatable bonds is 2.